The minimum Gasteiger partial charge on any atom is -0.479 e. The summed E-state index contributed by atoms with van der Waals surface area (Å²) in [7, 11) is 0. The van der Waals surface area contributed by atoms with Crippen molar-refractivity contribution in [1.82, 2.24) is 0 Å². The normalized spacial score (nSPS) is 27.0. The van der Waals surface area contributed by atoms with E-state index in [4.69, 9.17) is 5.11 Å². The fraction of sp³-hybridized carbons (Fsp3) is 0.714. The van der Waals surface area contributed by atoms with Gasteiger partial charge in [-0.1, -0.05) is 0 Å². The number of Topliss-reactive ketones (excluding diaryl/α,β-unsaturated/α-hetero) is 1. The van der Waals surface area contributed by atoms with Crippen LogP contribution in [0.4, 0.5) is 4.39 Å². The van der Waals surface area contributed by atoms with Gasteiger partial charge in [-0.15, -0.1) is 0 Å². The molecule has 0 spiro atoms. The summed E-state index contributed by atoms with van der Waals surface area (Å²) < 4.78 is 12.7. The number of carboxylic acid groups (broad SMARTS) is 1. The van der Waals surface area contributed by atoms with Gasteiger partial charge in [0.1, 0.15) is 5.78 Å². The van der Waals surface area contributed by atoms with Gasteiger partial charge >= 0.3 is 5.97 Å². The molecule has 4 heteroatoms. The number of halogens is 1. The molecule has 0 heterocycles. The Balaban J connectivity index is 2.49. The third-order valence-corrected chi connectivity index (χ3v) is 1.93. The number of alkyl halides is 1. The average molecular weight is 160 g/mol. The SMILES string of the molecule is O=C1CCC(C(F)C(=O)O)C1. The second kappa shape index (κ2) is 2.98. The minimum atomic E-state index is -1.86. The first-order valence-electron chi connectivity index (χ1n) is 3.50. The highest BCUT2D eigenvalue weighted by molar-refractivity contribution is 5.82. The Hall–Kier alpha value is -0.930. The Morgan fingerprint density at radius 2 is 2.36 bits per heavy atom. The molecule has 0 aromatic rings. The first-order valence-corrected chi connectivity index (χ1v) is 3.50. The molecule has 1 rings (SSSR count). The molecule has 0 radical (unpaired) electrons. The van der Waals surface area contributed by atoms with Gasteiger partial charge in [0.05, 0.1) is 0 Å². The number of ketones is 1. The molecular formula is C7H9FO3. The number of aliphatic carboxylic acids is 1. The van der Waals surface area contributed by atoms with Crippen LogP contribution in [0.15, 0.2) is 0 Å². The van der Waals surface area contributed by atoms with E-state index in [9.17, 15) is 14.0 Å². The maximum atomic E-state index is 12.7. The zero-order valence-corrected chi connectivity index (χ0v) is 5.92. The Bertz CT molecular complexity index is 190. The van der Waals surface area contributed by atoms with Crippen molar-refractivity contribution in [2.45, 2.75) is 25.4 Å². The summed E-state index contributed by atoms with van der Waals surface area (Å²) >= 11 is 0. The van der Waals surface area contributed by atoms with E-state index in [1.165, 1.54) is 0 Å². The van der Waals surface area contributed by atoms with E-state index < -0.39 is 18.1 Å². The smallest absolute Gasteiger partial charge is 0.338 e. The van der Waals surface area contributed by atoms with Crippen LogP contribution in [0.3, 0.4) is 0 Å². The summed E-state index contributed by atoms with van der Waals surface area (Å²) in [6.07, 6.45) is -1.06. The minimum absolute atomic E-state index is 0.0288. The molecule has 0 amide bonds. The molecule has 1 aliphatic rings. The van der Waals surface area contributed by atoms with Crippen LogP contribution >= 0.6 is 0 Å². The Labute approximate surface area is 63.2 Å². The summed E-state index contributed by atoms with van der Waals surface area (Å²) in [6, 6.07) is 0. The molecule has 3 nitrogen and oxygen atoms in total. The third-order valence-electron chi connectivity index (χ3n) is 1.93. The summed E-state index contributed by atoms with van der Waals surface area (Å²) in [6.45, 7) is 0. The van der Waals surface area contributed by atoms with Crippen molar-refractivity contribution in [2.75, 3.05) is 0 Å². The van der Waals surface area contributed by atoms with E-state index in [0.717, 1.165) is 0 Å². The largest absolute Gasteiger partial charge is 0.479 e. The molecule has 0 saturated heterocycles. The number of hydrogen-bond acceptors (Lipinski definition) is 2. The highest BCUT2D eigenvalue weighted by Gasteiger charge is 2.33. The van der Waals surface area contributed by atoms with Crippen LogP contribution in [-0.4, -0.2) is 23.0 Å². The maximum absolute atomic E-state index is 12.7. The average Bonchev–Trinajstić information content (AvgIpc) is 2.34. The first kappa shape index (κ1) is 8.17. The summed E-state index contributed by atoms with van der Waals surface area (Å²) in [5, 5.41) is 8.24. The number of carbonyl (C=O) groups is 2. The molecule has 2 atom stereocenters. The Kier molecular flexibility index (Phi) is 2.22. The van der Waals surface area contributed by atoms with Crippen LogP contribution in [0, 0.1) is 5.92 Å². The van der Waals surface area contributed by atoms with Gasteiger partial charge in [0.15, 0.2) is 6.17 Å². The van der Waals surface area contributed by atoms with E-state index in [1.807, 2.05) is 0 Å². The van der Waals surface area contributed by atoms with Gasteiger partial charge in [0.25, 0.3) is 0 Å². The lowest BCUT2D eigenvalue weighted by molar-refractivity contribution is -0.144. The number of rotatable bonds is 2. The number of carboxylic acids is 1. The standard InChI is InChI=1S/C7H9FO3/c8-6(7(10)11)4-1-2-5(9)3-4/h4,6H,1-3H2,(H,10,11). The molecular weight excluding hydrogens is 151 g/mol. The third kappa shape index (κ3) is 1.76. The molecule has 0 bridgehead atoms. The van der Waals surface area contributed by atoms with Gasteiger partial charge in [0, 0.05) is 18.8 Å². The molecule has 1 saturated carbocycles. The van der Waals surface area contributed by atoms with Crippen LogP contribution in [0.5, 0.6) is 0 Å². The predicted octanol–water partition coefficient (Wildman–Crippen LogP) is 0.778. The first-order chi connectivity index (χ1) is 5.11. The van der Waals surface area contributed by atoms with Gasteiger partial charge < -0.3 is 5.11 Å². The van der Waals surface area contributed by atoms with Crippen molar-refractivity contribution in [3.05, 3.63) is 0 Å². The molecule has 0 aliphatic heterocycles. The molecule has 1 N–H and O–H groups in total. The van der Waals surface area contributed by atoms with Crippen molar-refractivity contribution in [3.8, 4) is 0 Å². The monoisotopic (exact) mass is 160 g/mol. The molecule has 0 aromatic carbocycles. The van der Waals surface area contributed by atoms with E-state index >= 15 is 0 Å². The maximum Gasteiger partial charge on any atom is 0.338 e. The second-order valence-electron chi connectivity index (χ2n) is 2.78. The van der Waals surface area contributed by atoms with Crippen molar-refractivity contribution >= 4 is 11.8 Å². The molecule has 1 aliphatic carbocycles. The van der Waals surface area contributed by atoms with E-state index in [1.54, 1.807) is 0 Å². The Morgan fingerprint density at radius 1 is 1.73 bits per heavy atom. The van der Waals surface area contributed by atoms with Gasteiger partial charge in [-0.25, -0.2) is 9.18 Å². The predicted molar refractivity (Wildman–Crippen MR) is 34.9 cm³/mol. The van der Waals surface area contributed by atoms with Crippen LogP contribution in [0.25, 0.3) is 0 Å². The fourth-order valence-electron chi connectivity index (χ4n) is 1.29. The molecule has 0 aromatic heterocycles. The second-order valence-corrected chi connectivity index (χ2v) is 2.78. The fourth-order valence-corrected chi connectivity index (χ4v) is 1.29. The molecule has 62 valence electrons. The summed E-state index contributed by atoms with van der Waals surface area (Å²) in [5.74, 6) is -2.07. The quantitative estimate of drug-likeness (QED) is 0.649. The van der Waals surface area contributed by atoms with E-state index in [0.29, 0.717) is 12.8 Å². The van der Waals surface area contributed by atoms with Gasteiger partial charge in [-0.3, -0.25) is 4.79 Å². The van der Waals surface area contributed by atoms with Crippen molar-refractivity contribution < 1.29 is 19.1 Å². The lowest BCUT2D eigenvalue weighted by Gasteiger charge is -2.08. The van der Waals surface area contributed by atoms with Gasteiger partial charge in [-0.2, -0.15) is 0 Å². The summed E-state index contributed by atoms with van der Waals surface area (Å²) in [4.78, 5) is 20.7. The highest BCUT2D eigenvalue weighted by atomic mass is 19.1. The van der Waals surface area contributed by atoms with Crippen molar-refractivity contribution in [3.63, 3.8) is 0 Å². The lowest BCUT2D eigenvalue weighted by Crippen LogP contribution is -2.23. The lowest BCUT2D eigenvalue weighted by atomic mass is 10.0. The molecule has 2 unspecified atom stereocenters. The molecule has 1 fully saturated rings. The van der Waals surface area contributed by atoms with E-state index in [2.05, 4.69) is 0 Å². The van der Waals surface area contributed by atoms with Crippen LogP contribution in [0.1, 0.15) is 19.3 Å². The highest BCUT2D eigenvalue weighted by Crippen LogP contribution is 2.26. The number of carbonyl (C=O) groups excluding carboxylic acids is 1. The van der Waals surface area contributed by atoms with E-state index in [-0.39, 0.29) is 12.2 Å². The van der Waals surface area contributed by atoms with Crippen molar-refractivity contribution in [2.24, 2.45) is 5.92 Å². The summed E-state index contributed by atoms with van der Waals surface area (Å²) in [5.41, 5.74) is 0. The van der Waals surface area contributed by atoms with Crippen LogP contribution < -0.4 is 0 Å². The zero-order chi connectivity index (χ0) is 8.43. The zero-order valence-electron chi connectivity index (χ0n) is 5.92. The molecule has 11 heavy (non-hydrogen) atoms. The van der Waals surface area contributed by atoms with Crippen LogP contribution in [0.2, 0.25) is 0 Å². The number of hydrogen-bond donors (Lipinski definition) is 1. The van der Waals surface area contributed by atoms with Gasteiger partial charge in [-0.05, 0) is 6.42 Å². The van der Waals surface area contributed by atoms with Crippen molar-refractivity contribution in [1.29, 1.82) is 0 Å². The van der Waals surface area contributed by atoms with Gasteiger partial charge in [0.2, 0.25) is 0 Å². The Morgan fingerprint density at radius 3 is 2.73 bits per heavy atom. The topological polar surface area (TPSA) is 54.4 Å². The van der Waals surface area contributed by atoms with Crippen LogP contribution in [-0.2, 0) is 9.59 Å².